The van der Waals surface area contributed by atoms with Gasteiger partial charge in [0.05, 0.1) is 0 Å². The van der Waals surface area contributed by atoms with Crippen molar-refractivity contribution in [2.45, 2.75) is 25.8 Å². The number of carbonyl (C=O) groups excluding carboxylic acids is 1. The maximum atomic E-state index is 11.4. The first-order chi connectivity index (χ1) is 6.77. The zero-order valence-corrected chi connectivity index (χ0v) is 7.82. The Labute approximate surface area is 81.5 Å². The molecule has 0 fully saturated rings. The van der Waals surface area contributed by atoms with Gasteiger partial charge in [0.1, 0.15) is 0 Å². The van der Waals surface area contributed by atoms with Crippen molar-refractivity contribution in [3.8, 4) is 12.3 Å². The fourth-order valence-corrected chi connectivity index (χ4v) is 0.948. The number of H-pyrrole nitrogens is 1. The highest BCUT2D eigenvalue weighted by molar-refractivity contribution is 5.90. The molecule has 1 rings (SSSR count). The molecule has 0 saturated heterocycles. The number of hydrogen-bond acceptors (Lipinski definition) is 4. The van der Waals surface area contributed by atoms with Crippen LogP contribution in [0.25, 0.3) is 0 Å². The predicted molar refractivity (Wildman–Crippen MR) is 49.2 cm³/mol. The van der Waals surface area contributed by atoms with Crippen LogP contribution in [0.3, 0.4) is 0 Å². The molecule has 1 heterocycles. The second-order valence-electron chi connectivity index (χ2n) is 2.72. The number of terminal acetylenes is 1. The van der Waals surface area contributed by atoms with E-state index in [-0.39, 0.29) is 17.8 Å². The minimum atomic E-state index is -0.360. The van der Waals surface area contributed by atoms with Crippen LogP contribution in [0.1, 0.15) is 30.4 Å². The normalized spacial score (nSPS) is 11.7. The summed E-state index contributed by atoms with van der Waals surface area (Å²) in [4.78, 5) is 11.4. The van der Waals surface area contributed by atoms with Gasteiger partial charge < -0.3 is 5.32 Å². The van der Waals surface area contributed by atoms with Crippen LogP contribution in [0.15, 0.2) is 0 Å². The third-order valence-electron chi connectivity index (χ3n) is 1.74. The van der Waals surface area contributed by atoms with Crippen molar-refractivity contribution in [3.63, 3.8) is 0 Å². The average molecular weight is 193 g/mol. The molecule has 0 saturated carbocycles. The van der Waals surface area contributed by atoms with E-state index in [2.05, 4.69) is 31.9 Å². The summed E-state index contributed by atoms with van der Waals surface area (Å²) in [5.41, 5.74) is 0. The molecule has 0 bridgehead atoms. The number of nitrogens with zero attached hydrogens (tertiary/aromatic N) is 3. The maximum Gasteiger partial charge on any atom is 0.293 e. The monoisotopic (exact) mass is 193 g/mol. The molecule has 14 heavy (non-hydrogen) atoms. The van der Waals surface area contributed by atoms with E-state index in [0.29, 0.717) is 6.42 Å². The third-order valence-corrected chi connectivity index (χ3v) is 1.74. The Morgan fingerprint density at radius 3 is 3.07 bits per heavy atom. The fraction of sp³-hybridized carbons (Fsp3) is 0.500. The fourth-order valence-electron chi connectivity index (χ4n) is 0.948. The number of aromatic amines is 1. The summed E-state index contributed by atoms with van der Waals surface area (Å²) in [5.74, 6) is 2.16. The Bertz CT molecular complexity index is 326. The van der Waals surface area contributed by atoms with E-state index in [4.69, 9.17) is 6.42 Å². The number of carbonyl (C=O) groups is 1. The number of amides is 1. The highest BCUT2D eigenvalue weighted by Gasteiger charge is 2.14. The SMILES string of the molecule is C#CCC(CC)NC(=O)c1nn[nH]n1. The van der Waals surface area contributed by atoms with Crippen molar-refractivity contribution in [1.82, 2.24) is 25.9 Å². The van der Waals surface area contributed by atoms with Gasteiger partial charge in [-0.1, -0.05) is 6.92 Å². The van der Waals surface area contributed by atoms with Gasteiger partial charge in [-0.3, -0.25) is 4.79 Å². The first kappa shape index (κ1) is 10.2. The van der Waals surface area contributed by atoms with Gasteiger partial charge in [-0.2, -0.15) is 5.21 Å². The van der Waals surface area contributed by atoms with Crippen molar-refractivity contribution in [2.75, 3.05) is 0 Å². The van der Waals surface area contributed by atoms with Crippen molar-refractivity contribution >= 4 is 5.91 Å². The second kappa shape index (κ2) is 4.97. The number of aromatic nitrogens is 4. The largest absolute Gasteiger partial charge is 0.346 e. The Kier molecular flexibility index (Phi) is 3.61. The average Bonchev–Trinajstić information content (AvgIpc) is 2.69. The third kappa shape index (κ3) is 2.55. The number of rotatable bonds is 4. The molecule has 1 amide bonds. The quantitative estimate of drug-likeness (QED) is 0.645. The van der Waals surface area contributed by atoms with Crippen LogP contribution in [-0.2, 0) is 0 Å². The molecule has 0 aliphatic carbocycles. The van der Waals surface area contributed by atoms with Crippen molar-refractivity contribution in [1.29, 1.82) is 0 Å². The molecular formula is C8H11N5O. The number of tetrazole rings is 1. The van der Waals surface area contributed by atoms with Gasteiger partial charge in [0, 0.05) is 12.5 Å². The molecule has 1 aromatic heterocycles. The first-order valence-corrected chi connectivity index (χ1v) is 4.25. The van der Waals surface area contributed by atoms with Gasteiger partial charge in [-0.25, -0.2) is 0 Å². The predicted octanol–water partition coefficient (Wildman–Crippen LogP) is -0.269. The summed E-state index contributed by atoms with van der Waals surface area (Å²) in [6.45, 7) is 1.94. The smallest absolute Gasteiger partial charge is 0.293 e. The van der Waals surface area contributed by atoms with Crippen LogP contribution < -0.4 is 5.32 Å². The van der Waals surface area contributed by atoms with Crippen LogP contribution in [0, 0.1) is 12.3 Å². The molecule has 6 heteroatoms. The van der Waals surface area contributed by atoms with Crippen LogP contribution in [0.2, 0.25) is 0 Å². The summed E-state index contributed by atoms with van der Waals surface area (Å²) >= 11 is 0. The van der Waals surface area contributed by atoms with Gasteiger partial charge >= 0.3 is 0 Å². The van der Waals surface area contributed by atoms with Crippen LogP contribution >= 0.6 is 0 Å². The Hall–Kier alpha value is -1.90. The minimum Gasteiger partial charge on any atom is -0.346 e. The lowest BCUT2D eigenvalue weighted by molar-refractivity contribution is 0.0926. The van der Waals surface area contributed by atoms with E-state index in [1.54, 1.807) is 0 Å². The Morgan fingerprint density at radius 2 is 2.57 bits per heavy atom. The van der Waals surface area contributed by atoms with Gasteiger partial charge in [0.15, 0.2) is 0 Å². The Morgan fingerprint density at radius 1 is 1.79 bits per heavy atom. The molecule has 74 valence electrons. The van der Waals surface area contributed by atoms with Crippen molar-refractivity contribution < 1.29 is 4.79 Å². The number of nitrogens with one attached hydrogen (secondary N) is 2. The summed E-state index contributed by atoms with van der Waals surface area (Å²) in [7, 11) is 0. The van der Waals surface area contributed by atoms with Crippen LogP contribution in [0.5, 0.6) is 0 Å². The van der Waals surface area contributed by atoms with E-state index in [1.807, 2.05) is 6.92 Å². The van der Waals surface area contributed by atoms with Crippen LogP contribution in [0.4, 0.5) is 0 Å². The molecule has 1 unspecified atom stereocenters. The topological polar surface area (TPSA) is 83.6 Å². The summed E-state index contributed by atoms with van der Waals surface area (Å²) in [6, 6.07) is -0.0361. The van der Waals surface area contributed by atoms with E-state index in [9.17, 15) is 4.79 Å². The Balaban J connectivity index is 2.52. The molecule has 1 aromatic rings. The lowest BCUT2D eigenvalue weighted by atomic mass is 10.1. The molecular weight excluding hydrogens is 182 g/mol. The van der Waals surface area contributed by atoms with E-state index in [0.717, 1.165) is 6.42 Å². The number of hydrogen-bond donors (Lipinski definition) is 2. The molecule has 0 aliphatic rings. The molecule has 6 nitrogen and oxygen atoms in total. The second-order valence-corrected chi connectivity index (χ2v) is 2.72. The molecule has 0 radical (unpaired) electrons. The molecule has 2 N–H and O–H groups in total. The van der Waals surface area contributed by atoms with Gasteiger partial charge in [0.2, 0.25) is 0 Å². The standard InChI is InChI=1S/C8H11N5O/c1-3-5-6(4-2)9-8(14)7-10-12-13-11-7/h1,6H,4-5H2,2H3,(H,9,14)(H,10,11,12,13). The highest BCUT2D eigenvalue weighted by atomic mass is 16.2. The van der Waals surface area contributed by atoms with Crippen molar-refractivity contribution in [2.24, 2.45) is 0 Å². The zero-order chi connectivity index (χ0) is 10.4. The van der Waals surface area contributed by atoms with Gasteiger partial charge in [-0.15, -0.1) is 22.5 Å². The van der Waals surface area contributed by atoms with Gasteiger partial charge in [0.25, 0.3) is 11.7 Å². The van der Waals surface area contributed by atoms with Gasteiger partial charge in [-0.05, 0) is 11.6 Å². The summed E-state index contributed by atoms with van der Waals surface area (Å²) in [6.07, 6.45) is 6.42. The minimum absolute atomic E-state index is 0.0282. The van der Waals surface area contributed by atoms with E-state index < -0.39 is 0 Å². The summed E-state index contributed by atoms with van der Waals surface area (Å²) < 4.78 is 0. The van der Waals surface area contributed by atoms with E-state index in [1.165, 1.54) is 0 Å². The molecule has 0 spiro atoms. The molecule has 0 aliphatic heterocycles. The maximum absolute atomic E-state index is 11.4. The first-order valence-electron chi connectivity index (χ1n) is 4.25. The lowest BCUT2D eigenvalue weighted by Gasteiger charge is -2.11. The molecule has 0 aromatic carbocycles. The van der Waals surface area contributed by atoms with E-state index >= 15 is 0 Å². The lowest BCUT2D eigenvalue weighted by Crippen LogP contribution is -2.34. The molecule has 1 atom stereocenters. The highest BCUT2D eigenvalue weighted by Crippen LogP contribution is 1.97. The van der Waals surface area contributed by atoms with Crippen LogP contribution in [-0.4, -0.2) is 32.6 Å². The summed E-state index contributed by atoms with van der Waals surface area (Å²) in [5, 5.41) is 15.3. The zero-order valence-electron chi connectivity index (χ0n) is 7.82. The van der Waals surface area contributed by atoms with Crippen molar-refractivity contribution in [3.05, 3.63) is 5.82 Å².